The van der Waals surface area contributed by atoms with E-state index < -0.39 is 6.09 Å². The summed E-state index contributed by atoms with van der Waals surface area (Å²) in [4.78, 5) is 17.5. The van der Waals surface area contributed by atoms with Gasteiger partial charge in [0.1, 0.15) is 0 Å². The third-order valence-electron chi connectivity index (χ3n) is 3.39. The van der Waals surface area contributed by atoms with Gasteiger partial charge in [0, 0.05) is 5.69 Å². The van der Waals surface area contributed by atoms with Crippen LogP contribution < -0.4 is 10.4 Å². The number of hydrogen-bond acceptors (Lipinski definition) is 4. The van der Waals surface area contributed by atoms with E-state index in [2.05, 4.69) is 5.32 Å². The van der Waals surface area contributed by atoms with Crippen LogP contribution in [0, 0.1) is 0 Å². The number of carbonyl (C=O) groups is 1. The maximum Gasteiger partial charge on any atom is 0.412 e. The number of nitrogens with zero attached hydrogens (tertiary/aromatic N) is 1. The van der Waals surface area contributed by atoms with E-state index in [1.54, 1.807) is 17.2 Å². The summed E-state index contributed by atoms with van der Waals surface area (Å²) in [7, 11) is 0. The highest BCUT2D eigenvalue weighted by Gasteiger charge is 2.24. The summed E-state index contributed by atoms with van der Waals surface area (Å²) in [5.74, 6) is 0.615. The maximum atomic E-state index is 11.8. The summed E-state index contributed by atoms with van der Waals surface area (Å²) in [6.45, 7) is 2.11. The fourth-order valence-corrected chi connectivity index (χ4v) is 2.33. The normalized spacial score (nSPS) is 16.5. The zero-order valence-electron chi connectivity index (χ0n) is 12.8. The number of rotatable bonds is 4. The quantitative estimate of drug-likeness (QED) is 0.928. The predicted molar refractivity (Wildman–Crippen MR) is 89.0 cm³/mol. The van der Waals surface area contributed by atoms with Gasteiger partial charge in [-0.3, -0.25) is 5.32 Å². The van der Waals surface area contributed by atoms with Crippen molar-refractivity contribution in [2.75, 3.05) is 17.0 Å². The summed E-state index contributed by atoms with van der Waals surface area (Å²) < 4.78 is 5.19. The molecule has 3 rings (SSSR count). The van der Waals surface area contributed by atoms with E-state index in [-0.39, 0.29) is 12.6 Å². The van der Waals surface area contributed by atoms with Gasteiger partial charge >= 0.3 is 6.09 Å². The Bertz CT molecular complexity index is 686. The number of ether oxygens (including phenoxy) is 1. The van der Waals surface area contributed by atoms with E-state index in [0.717, 1.165) is 5.69 Å². The number of carbonyl (C=O) groups excluding carboxylic acids is 1. The highest BCUT2D eigenvalue weighted by atomic mass is 16.7. The van der Waals surface area contributed by atoms with Crippen molar-refractivity contribution in [1.82, 2.24) is 0 Å². The second-order valence-corrected chi connectivity index (χ2v) is 5.19. The molecule has 1 amide bonds. The molecular formula is C18H18N2O3. The summed E-state index contributed by atoms with van der Waals surface area (Å²) in [5.41, 5.74) is 1.65. The Kier molecular flexibility index (Phi) is 4.47. The molecular weight excluding hydrogens is 292 g/mol. The molecule has 5 nitrogen and oxygen atoms in total. The molecule has 1 N–H and O–H groups in total. The zero-order valence-corrected chi connectivity index (χ0v) is 12.8. The minimum atomic E-state index is -0.508. The topological polar surface area (TPSA) is 50.8 Å². The van der Waals surface area contributed by atoms with Crippen LogP contribution in [-0.4, -0.2) is 18.7 Å². The molecule has 0 spiro atoms. The number of amides is 1. The molecule has 23 heavy (non-hydrogen) atoms. The summed E-state index contributed by atoms with van der Waals surface area (Å²) in [5, 5.41) is 4.45. The van der Waals surface area contributed by atoms with Gasteiger partial charge in [-0.1, -0.05) is 36.4 Å². The maximum absolute atomic E-state index is 11.8. The first kappa shape index (κ1) is 15.0. The summed E-state index contributed by atoms with van der Waals surface area (Å²) in [6.07, 6.45) is 1.43. The fraction of sp³-hybridized carbons (Fsp3) is 0.167. The molecule has 5 heteroatoms. The van der Waals surface area contributed by atoms with E-state index in [0.29, 0.717) is 11.4 Å². The Morgan fingerprint density at radius 3 is 2.48 bits per heavy atom. The van der Waals surface area contributed by atoms with Crippen molar-refractivity contribution >= 4 is 17.5 Å². The van der Waals surface area contributed by atoms with Crippen LogP contribution in [0.5, 0.6) is 0 Å². The van der Waals surface area contributed by atoms with E-state index in [1.165, 1.54) is 0 Å². The predicted octanol–water partition coefficient (Wildman–Crippen LogP) is 3.96. The van der Waals surface area contributed by atoms with Crippen molar-refractivity contribution in [2.45, 2.75) is 13.0 Å². The Morgan fingerprint density at radius 2 is 1.78 bits per heavy atom. The van der Waals surface area contributed by atoms with Crippen LogP contribution in [0.15, 0.2) is 72.5 Å². The molecule has 0 saturated heterocycles. The van der Waals surface area contributed by atoms with Crippen molar-refractivity contribution < 1.29 is 14.4 Å². The van der Waals surface area contributed by atoms with Gasteiger partial charge in [-0.15, -0.1) is 0 Å². The molecule has 0 radical (unpaired) electrons. The van der Waals surface area contributed by atoms with Gasteiger partial charge in [0.15, 0.2) is 12.4 Å². The van der Waals surface area contributed by atoms with Gasteiger partial charge in [-0.2, -0.15) is 0 Å². The molecule has 0 saturated carbocycles. The lowest BCUT2D eigenvalue weighted by Gasteiger charge is -2.22. The lowest BCUT2D eigenvalue weighted by molar-refractivity contribution is 0.127. The SMILES string of the molecule is CC1C=C(COC(=O)Nc2ccccc2)ON1c1ccccc1. The van der Waals surface area contributed by atoms with Crippen LogP contribution in [0.4, 0.5) is 16.2 Å². The van der Waals surface area contributed by atoms with Gasteiger partial charge in [0.2, 0.25) is 0 Å². The molecule has 0 bridgehead atoms. The van der Waals surface area contributed by atoms with E-state index in [9.17, 15) is 4.79 Å². The molecule has 1 heterocycles. The molecule has 2 aromatic carbocycles. The second kappa shape index (κ2) is 6.87. The average molecular weight is 310 g/mol. The molecule has 0 aromatic heterocycles. The highest BCUT2D eigenvalue weighted by molar-refractivity contribution is 5.84. The van der Waals surface area contributed by atoms with Gasteiger partial charge in [0.05, 0.1) is 11.7 Å². The first-order chi connectivity index (χ1) is 11.2. The van der Waals surface area contributed by atoms with Gasteiger partial charge in [-0.25, -0.2) is 9.86 Å². The molecule has 1 unspecified atom stereocenters. The first-order valence-electron chi connectivity index (χ1n) is 7.44. The number of para-hydroxylation sites is 2. The fourth-order valence-electron chi connectivity index (χ4n) is 2.33. The number of benzene rings is 2. The van der Waals surface area contributed by atoms with Crippen molar-refractivity contribution in [3.63, 3.8) is 0 Å². The number of hydrogen-bond donors (Lipinski definition) is 1. The molecule has 1 atom stereocenters. The van der Waals surface area contributed by atoms with Crippen LogP contribution >= 0.6 is 0 Å². The third-order valence-corrected chi connectivity index (χ3v) is 3.39. The van der Waals surface area contributed by atoms with Crippen LogP contribution in [0.3, 0.4) is 0 Å². The van der Waals surface area contributed by atoms with Gasteiger partial charge in [0.25, 0.3) is 0 Å². The van der Waals surface area contributed by atoms with Crippen molar-refractivity contribution in [3.8, 4) is 0 Å². The van der Waals surface area contributed by atoms with Crippen LogP contribution in [0.1, 0.15) is 6.92 Å². The van der Waals surface area contributed by atoms with Crippen LogP contribution in [0.2, 0.25) is 0 Å². The lowest BCUT2D eigenvalue weighted by atomic mass is 10.2. The number of nitrogens with one attached hydrogen (secondary N) is 1. The molecule has 2 aromatic rings. The van der Waals surface area contributed by atoms with Crippen molar-refractivity contribution in [2.24, 2.45) is 0 Å². The molecule has 0 fully saturated rings. The monoisotopic (exact) mass is 310 g/mol. The summed E-state index contributed by atoms with van der Waals surface area (Å²) in [6, 6.07) is 19.0. The van der Waals surface area contributed by atoms with Crippen molar-refractivity contribution in [1.29, 1.82) is 0 Å². The van der Waals surface area contributed by atoms with Gasteiger partial charge < -0.3 is 9.57 Å². The highest BCUT2D eigenvalue weighted by Crippen LogP contribution is 2.25. The lowest BCUT2D eigenvalue weighted by Crippen LogP contribution is -2.26. The largest absolute Gasteiger partial charge is 0.441 e. The van der Waals surface area contributed by atoms with Gasteiger partial charge in [-0.05, 0) is 37.3 Å². The first-order valence-corrected chi connectivity index (χ1v) is 7.44. The average Bonchev–Trinajstić information content (AvgIpc) is 2.96. The van der Waals surface area contributed by atoms with Crippen LogP contribution in [0.25, 0.3) is 0 Å². The summed E-state index contributed by atoms with van der Waals surface area (Å²) >= 11 is 0. The Labute approximate surface area is 135 Å². The third kappa shape index (κ3) is 3.83. The standard InChI is InChI=1S/C18H18N2O3/c1-14-12-17(23-20(14)16-10-6-3-7-11-16)13-22-18(21)19-15-8-4-2-5-9-15/h2-12,14H,13H2,1H3,(H,19,21). The minimum Gasteiger partial charge on any atom is -0.441 e. The van der Waals surface area contributed by atoms with E-state index in [1.807, 2.05) is 61.5 Å². The van der Waals surface area contributed by atoms with E-state index >= 15 is 0 Å². The number of anilines is 2. The molecule has 0 aliphatic carbocycles. The van der Waals surface area contributed by atoms with Crippen LogP contribution in [-0.2, 0) is 9.57 Å². The molecule has 1 aliphatic rings. The molecule has 118 valence electrons. The molecule has 1 aliphatic heterocycles. The zero-order chi connectivity index (χ0) is 16.1. The van der Waals surface area contributed by atoms with Crippen molar-refractivity contribution in [3.05, 3.63) is 72.5 Å². The van der Waals surface area contributed by atoms with E-state index in [4.69, 9.17) is 9.57 Å². The second-order valence-electron chi connectivity index (χ2n) is 5.19. The Balaban J connectivity index is 1.51. The smallest absolute Gasteiger partial charge is 0.412 e. The Hall–Kier alpha value is -2.95. The Morgan fingerprint density at radius 1 is 1.13 bits per heavy atom. The minimum absolute atomic E-state index is 0.0770. The number of hydroxylamine groups is 1.